The van der Waals surface area contributed by atoms with Crippen LogP contribution < -0.4 is 0 Å². The average molecular weight is 193 g/mol. The molecule has 1 rings (SSSR count). The number of nitrogens with zero attached hydrogens (tertiary/aromatic N) is 1. The molecule has 74 valence electrons. The molecule has 14 heavy (non-hydrogen) atoms. The van der Waals surface area contributed by atoms with Gasteiger partial charge in [0.2, 0.25) is 0 Å². The van der Waals surface area contributed by atoms with Gasteiger partial charge in [-0.2, -0.15) is 0 Å². The molecule has 0 amide bonds. The molecule has 0 spiro atoms. The Balaban J connectivity index is 3.29. The number of phenols is 1. The summed E-state index contributed by atoms with van der Waals surface area (Å²) >= 11 is 0. The van der Waals surface area contributed by atoms with Crippen molar-refractivity contribution in [1.29, 1.82) is 0 Å². The lowest BCUT2D eigenvalue weighted by Crippen LogP contribution is -1.97. The Labute approximate surface area is 81.6 Å². The first-order valence-electron chi connectivity index (χ1n) is 4.16. The molecule has 0 saturated carbocycles. The Morgan fingerprint density at radius 3 is 2.79 bits per heavy atom. The summed E-state index contributed by atoms with van der Waals surface area (Å²) < 4.78 is 0. The second-order valence-electron chi connectivity index (χ2n) is 3.02. The molecule has 1 aromatic rings. The zero-order valence-corrected chi connectivity index (χ0v) is 7.80. The van der Waals surface area contributed by atoms with E-state index in [0.29, 0.717) is 5.56 Å². The van der Waals surface area contributed by atoms with Crippen molar-refractivity contribution in [3.8, 4) is 5.75 Å². The van der Waals surface area contributed by atoms with Crippen molar-refractivity contribution < 1.29 is 10.0 Å². The number of benzene rings is 1. The highest BCUT2D eigenvalue weighted by atomic mass is 16.6. The van der Waals surface area contributed by atoms with Gasteiger partial charge in [-0.05, 0) is 12.1 Å². The van der Waals surface area contributed by atoms with E-state index in [1.54, 1.807) is 13.0 Å². The van der Waals surface area contributed by atoms with Crippen LogP contribution in [0, 0.1) is 10.1 Å². The third-order valence-electron chi connectivity index (χ3n) is 2.05. The molecule has 0 aromatic heterocycles. The lowest BCUT2D eigenvalue weighted by atomic mass is 9.99. The number of rotatable bonds is 3. The van der Waals surface area contributed by atoms with Gasteiger partial charge in [0.1, 0.15) is 5.75 Å². The SMILES string of the molecule is C=CC(C)c1cc(O)ccc1[N+](=O)[O-]. The first-order valence-corrected chi connectivity index (χ1v) is 4.16. The van der Waals surface area contributed by atoms with Gasteiger partial charge >= 0.3 is 0 Å². The van der Waals surface area contributed by atoms with E-state index in [1.807, 2.05) is 0 Å². The standard InChI is InChI=1S/C10H11NO3/c1-3-7(2)9-6-8(12)4-5-10(9)11(13)14/h3-7,12H,1H2,2H3. The predicted octanol–water partition coefficient (Wildman–Crippen LogP) is 2.59. The average Bonchev–Trinajstić information content (AvgIpc) is 2.16. The van der Waals surface area contributed by atoms with Gasteiger partial charge in [0.05, 0.1) is 4.92 Å². The third-order valence-corrected chi connectivity index (χ3v) is 2.05. The molecule has 0 aliphatic carbocycles. The van der Waals surface area contributed by atoms with E-state index in [0.717, 1.165) is 0 Å². The summed E-state index contributed by atoms with van der Waals surface area (Å²) in [7, 11) is 0. The minimum atomic E-state index is -0.464. The summed E-state index contributed by atoms with van der Waals surface area (Å²) in [5.74, 6) is -0.123. The molecule has 0 heterocycles. The first kappa shape index (κ1) is 10.2. The zero-order valence-electron chi connectivity index (χ0n) is 7.80. The first-order chi connectivity index (χ1) is 6.56. The number of aromatic hydroxyl groups is 1. The van der Waals surface area contributed by atoms with Crippen molar-refractivity contribution in [2.45, 2.75) is 12.8 Å². The molecule has 0 aliphatic rings. The lowest BCUT2D eigenvalue weighted by Gasteiger charge is -2.07. The number of hydrogen-bond acceptors (Lipinski definition) is 3. The summed E-state index contributed by atoms with van der Waals surface area (Å²) in [6.45, 7) is 5.35. The fourth-order valence-electron chi connectivity index (χ4n) is 1.20. The smallest absolute Gasteiger partial charge is 0.273 e. The van der Waals surface area contributed by atoms with Crippen LogP contribution in [0.4, 0.5) is 5.69 Å². The van der Waals surface area contributed by atoms with Gasteiger partial charge in [0, 0.05) is 17.5 Å². The maximum absolute atomic E-state index is 10.6. The van der Waals surface area contributed by atoms with Crippen molar-refractivity contribution in [3.63, 3.8) is 0 Å². The zero-order chi connectivity index (χ0) is 10.7. The number of allylic oxidation sites excluding steroid dienone is 1. The summed E-state index contributed by atoms with van der Waals surface area (Å²) in [6, 6.07) is 3.99. The van der Waals surface area contributed by atoms with Crippen LogP contribution in [0.25, 0.3) is 0 Å². The van der Waals surface area contributed by atoms with Crippen LogP contribution in [-0.2, 0) is 0 Å². The Kier molecular flexibility index (Phi) is 2.86. The minimum absolute atomic E-state index is 0.00944. The van der Waals surface area contributed by atoms with Gasteiger partial charge in [-0.15, -0.1) is 6.58 Å². The van der Waals surface area contributed by atoms with Crippen LogP contribution in [0.3, 0.4) is 0 Å². The third kappa shape index (κ3) is 1.90. The predicted molar refractivity (Wildman–Crippen MR) is 53.4 cm³/mol. The van der Waals surface area contributed by atoms with E-state index >= 15 is 0 Å². The summed E-state index contributed by atoms with van der Waals surface area (Å²) in [4.78, 5) is 10.2. The van der Waals surface area contributed by atoms with Crippen LogP contribution >= 0.6 is 0 Å². The van der Waals surface area contributed by atoms with E-state index in [-0.39, 0.29) is 17.4 Å². The van der Waals surface area contributed by atoms with Crippen molar-refractivity contribution in [3.05, 3.63) is 46.5 Å². The highest BCUT2D eigenvalue weighted by molar-refractivity contribution is 5.47. The largest absolute Gasteiger partial charge is 0.508 e. The summed E-state index contributed by atoms with van der Waals surface area (Å²) in [6.07, 6.45) is 1.60. The monoisotopic (exact) mass is 193 g/mol. The molecule has 0 bridgehead atoms. The second-order valence-corrected chi connectivity index (χ2v) is 3.02. The maximum atomic E-state index is 10.6. The number of hydrogen-bond donors (Lipinski definition) is 1. The van der Waals surface area contributed by atoms with Gasteiger partial charge in [-0.3, -0.25) is 10.1 Å². The van der Waals surface area contributed by atoms with Crippen molar-refractivity contribution >= 4 is 5.69 Å². The molecule has 1 aromatic carbocycles. The number of phenolic OH excluding ortho intramolecular Hbond substituents is 1. The van der Waals surface area contributed by atoms with Crippen LogP contribution in [-0.4, -0.2) is 10.0 Å². The van der Waals surface area contributed by atoms with Crippen LogP contribution in [0.5, 0.6) is 5.75 Å². The van der Waals surface area contributed by atoms with E-state index in [2.05, 4.69) is 6.58 Å². The normalized spacial score (nSPS) is 12.1. The molecule has 0 aliphatic heterocycles. The molecule has 1 unspecified atom stereocenters. The molecule has 1 N–H and O–H groups in total. The quantitative estimate of drug-likeness (QED) is 0.456. The van der Waals surface area contributed by atoms with Crippen molar-refractivity contribution in [1.82, 2.24) is 0 Å². The van der Waals surface area contributed by atoms with E-state index in [1.165, 1.54) is 18.2 Å². The van der Waals surface area contributed by atoms with Crippen LogP contribution in [0.2, 0.25) is 0 Å². The molecular weight excluding hydrogens is 182 g/mol. The summed E-state index contributed by atoms with van der Waals surface area (Å²) in [5.41, 5.74) is 0.486. The van der Waals surface area contributed by atoms with Gasteiger partial charge in [0.25, 0.3) is 5.69 Å². The molecule has 0 saturated heterocycles. The van der Waals surface area contributed by atoms with Crippen LogP contribution in [0.1, 0.15) is 18.4 Å². The summed E-state index contributed by atoms with van der Waals surface area (Å²) in [5, 5.41) is 19.8. The Hall–Kier alpha value is -1.84. The van der Waals surface area contributed by atoms with Gasteiger partial charge < -0.3 is 5.11 Å². The Morgan fingerprint density at radius 2 is 2.29 bits per heavy atom. The van der Waals surface area contributed by atoms with Crippen LogP contribution in [0.15, 0.2) is 30.9 Å². The minimum Gasteiger partial charge on any atom is -0.508 e. The van der Waals surface area contributed by atoms with E-state index in [4.69, 9.17) is 0 Å². The molecular formula is C10H11NO3. The van der Waals surface area contributed by atoms with E-state index in [9.17, 15) is 15.2 Å². The molecule has 0 fully saturated rings. The topological polar surface area (TPSA) is 63.4 Å². The fraction of sp³-hybridized carbons (Fsp3) is 0.200. The second kappa shape index (κ2) is 3.91. The molecule has 0 radical (unpaired) electrons. The van der Waals surface area contributed by atoms with Gasteiger partial charge in [-0.25, -0.2) is 0 Å². The van der Waals surface area contributed by atoms with E-state index < -0.39 is 4.92 Å². The number of nitro groups is 1. The van der Waals surface area contributed by atoms with Crippen molar-refractivity contribution in [2.24, 2.45) is 0 Å². The molecule has 4 heteroatoms. The molecule has 1 atom stereocenters. The highest BCUT2D eigenvalue weighted by Gasteiger charge is 2.17. The highest BCUT2D eigenvalue weighted by Crippen LogP contribution is 2.30. The maximum Gasteiger partial charge on any atom is 0.273 e. The van der Waals surface area contributed by atoms with Gasteiger partial charge in [-0.1, -0.05) is 13.0 Å². The number of nitro benzene ring substituents is 1. The molecule has 4 nitrogen and oxygen atoms in total. The van der Waals surface area contributed by atoms with Gasteiger partial charge in [0.15, 0.2) is 0 Å². The van der Waals surface area contributed by atoms with Crippen molar-refractivity contribution in [2.75, 3.05) is 0 Å². The Morgan fingerprint density at radius 1 is 1.64 bits per heavy atom. The fourth-order valence-corrected chi connectivity index (χ4v) is 1.20. The Bertz CT molecular complexity index is 374. The lowest BCUT2D eigenvalue weighted by molar-refractivity contribution is -0.385.